The van der Waals surface area contributed by atoms with Gasteiger partial charge in [0.15, 0.2) is 0 Å². The molecule has 0 bridgehead atoms. The molecule has 0 unspecified atom stereocenters. The largest absolute Gasteiger partial charge is 0.380 e. The van der Waals surface area contributed by atoms with Crippen molar-refractivity contribution in [3.05, 3.63) is 81.3 Å². The Labute approximate surface area is 203 Å². The lowest BCUT2D eigenvalue weighted by molar-refractivity contribution is 0.301. The van der Waals surface area contributed by atoms with Crippen molar-refractivity contribution in [2.75, 3.05) is 32.7 Å². The second kappa shape index (κ2) is 14.1. The van der Waals surface area contributed by atoms with Crippen molar-refractivity contribution in [2.24, 2.45) is 4.99 Å². The van der Waals surface area contributed by atoms with Crippen LogP contribution in [0.3, 0.4) is 0 Å². The summed E-state index contributed by atoms with van der Waals surface area (Å²) in [6.45, 7) is 15.4. The van der Waals surface area contributed by atoms with Crippen LogP contribution in [0.5, 0.6) is 0 Å². The Balaban J connectivity index is 2.28. The number of halogens is 1. The maximum atomic E-state index is 4.64. The molecule has 1 heterocycles. The standard InChI is InChI=1S/C27H39BrN4/c1-6-10-23-12-11-22(19-26(23)30-13-7-2)20-31-25(9-4)27(24(28)18-21(5)8-3)32-16-14-29-15-17-32/h7,9-13,18-19,29,31H,6,8,14-17,20H2,1-5H3/b13-7-,21-18+,23-10+,25-9+,27-24-,30-26+. The number of allylic oxidation sites excluding steroid dienone is 9. The van der Waals surface area contributed by atoms with Crippen molar-refractivity contribution in [1.82, 2.24) is 15.5 Å². The van der Waals surface area contributed by atoms with Crippen molar-refractivity contribution in [3.8, 4) is 0 Å². The molecule has 0 saturated carbocycles. The minimum Gasteiger partial charge on any atom is -0.380 e. The van der Waals surface area contributed by atoms with Gasteiger partial charge in [0.05, 0.1) is 17.1 Å². The molecule has 174 valence electrons. The topological polar surface area (TPSA) is 39.7 Å². The summed E-state index contributed by atoms with van der Waals surface area (Å²) in [5, 5.41) is 7.16. The Kier molecular flexibility index (Phi) is 11.5. The van der Waals surface area contributed by atoms with E-state index in [1.807, 2.05) is 19.2 Å². The van der Waals surface area contributed by atoms with Crippen LogP contribution in [0.25, 0.3) is 0 Å². The summed E-state index contributed by atoms with van der Waals surface area (Å²) in [6.07, 6.45) is 19.1. The van der Waals surface area contributed by atoms with Gasteiger partial charge in [0.2, 0.25) is 0 Å². The normalized spacial score (nSPS) is 21.4. The fraction of sp³-hybridized carbons (Fsp3) is 0.444. The molecule has 4 nitrogen and oxygen atoms in total. The second-order valence-corrected chi connectivity index (χ2v) is 8.81. The van der Waals surface area contributed by atoms with Gasteiger partial charge in [0.25, 0.3) is 0 Å². The number of hydrogen-bond acceptors (Lipinski definition) is 4. The van der Waals surface area contributed by atoms with Crippen LogP contribution in [-0.2, 0) is 0 Å². The Bertz CT molecular complexity index is 875. The number of nitrogens with one attached hydrogen (secondary N) is 2. The number of nitrogens with zero attached hydrogens (tertiary/aromatic N) is 2. The van der Waals surface area contributed by atoms with E-state index in [2.05, 4.69) is 101 Å². The van der Waals surface area contributed by atoms with Crippen LogP contribution >= 0.6 is 15.9 Å². The Morgan fingerprint density at radius 3 is 2.59 bits per heavy atom. The molecule has 0 amide bonds. The zero-order valence-corrected chi connectivity index (χ0v) is 21.9. The van der Waals surface area contributed by atoms with Gasteiger partial charge in [-0.1, -0.05) is 49.8 Å². The molecule has 0 spiro atoms. The van der Waals surface area contributed by atoms with E-state index in [1.54, 1.807) is 0 Å². The van der Waals surface area contributed by atoms with Crippen LogP contribution in [0.1, 0.15) is 47.5 Å². The molecule has 2 N–H and O–H groups in total. The summed E-state index contributed by atoms with van der Waals surface area (Å²) in [4.78, 5) is 7.10. The summed E-state index contributed by atoms with van der Waals surface area (Å²) >= 11 is 3.89. The molecule has 32 heavy (non-hydrogen) atoms. The molecule has 0 aromatic heterocycles. The first-order chi connectivity index (χ1) is 15.5. The Morgan fingerprint density at radius 2 is 1.97 bits per heavy atom. The van der Waals surface area contributed by atoms with Gasteiger partial charge in [-0.3, -0.25) is 4.99 Å². The Morgan fingerprint density at radius 1 is 1.22 bits per heavy atom. The monoisotopic (exact) mass is 498 g/mol. The van der Waals surface area contributed by atoms with Gasteiger partial charge < -0.3 is 15.5 Å². The van der Waals surface area contributed by atoms with Crippen LogP contribution in [0.4, 0.5) is 0 Å². The summed E-state index contributed by atoms with van der Waals surface area (Å²) in [7, 11) is 0. The predicted octanol–water partition coefficient (Wildman–Crippen LogP) is 6.16. The van der Waals surface area contributed by atoms with Gasteiger partial charge in [-0.15, -0.1) is 0 Å². The van der Waals surface area contributed by atoms with Gasteiger partial charge in [-0.25, -0.2) is 0 Å². The molecular weight excluding hydrogens is 460 g/mol. The van der Waals surface area contributed by atoms with Gasteiger partial charge in [-0.05, 0) is 72.8 Å². The molecule has 5 heteroatoms. The molecular formula is C27H39BrN4. The summed E-state index contributed by atoms with van der Waals surface area (Å²) in [5.74, 6) is 0. The average molecular weight is 500 g/mol. The van der Waals surface area contributed by atoms with E-state index in [1.165, 1.54) is 22.4 Å². The van der Waals surface area contributed by atoms with Crippen molar-refractivity contribution in [3.63, 3.8) is 0 Å². The summed E-state index contributed by atoms with van der Waals surface area (Å²) in [5.41, 5.74) is 7.17. The van der Waals surface area contributed by atoms with E-state index in [4.69, 9.17) is 0 Å². The molecule has 2 aliphatic rings. The van der Waals surface area contributed by atoms with E-state index >= 15 is 0 Å². The van der Waals surface area contributed by atoms with Gasteiger partial charge in [0, 0.05) is 43.4 Å². The summed E-state index contributed by atoms with van der Waals surface area (Å²) in [6, 6.07) is 0. The molecule has 0 radical (unpaired) electrons. The van der Waals surface area contributed by atoms with Crippen LogP contribution in [-0.4, -0.2) is 43.3 Å². The van der Waals surface area contributed by atoms with E-state index < -0.39 is 0 Å². The fourth-order valence-electron chi connectivity index (χ4n) is 3.60. The summed E-state index contributed by atoms with van der Waals surface area (Å²) < 4.78 is 1.14. The van der Waals surface area contributed by atoms with E-state index in [-0.39, 0.29) is 0 Å². The third-order valence-electron chi connectivity index (χ3n) is 5.50. The highest BCUT2D eigenvalue weighted by molar-refractivity contribution is 9.11. The zero-order chi connectivity index (χ0) is 23.3. The molecule has 0 aromatic rings. The van der Waals surface area contributed by atoms with Crippen LogP contribution < -0.4 is 10.6 Å². The molecule has 1 saturated heterocycles. The van der Waals surface area contributed by atoms with Gasteiger partial charge in [-0.2, -0.15) is 0 Å². The molecule has 1 aliphatic heterocycles. The van der Waals surface area contributed by atoms with Crippen molar-refractivity contribution < 1.29 is 0 Å². The highest BCUT2D eigenvalue weighted by Crippen LogP contribution is 2.26. The first kappa shape index (κ1) is 26.1. The lowest BCUT2D eigenvalue weighted by Gasteiger charge is -2.34. The number of piperazine rings is 1. The molecule has 2 rings (SSSR count). The van der Waals surface area contributed by atoms with Crippen molar-refractivity contribution >= 4 is 21.6 Å². The van der Waals surface area contributed by atoms with E-state index in [0.29, 0.717) is 0 Å². The maximum absolute atomic E-state index is 4.64. The Hall–Kier alpha value is -2.11. The molecule has 1 aliphatic carbocycles. The molecule has 1 fully saturated rings. The van der Waals surface area contributed by atoms with Gasteiger partial charge in [0.1, 0.15) is 0 Å². The van der Waals surface area contributed by atoms with Crippen LogP contribution in [0.2, 0.25) is 0 Å². The first-order valence-corrected chi connectivity index (χ1v) is 12.5. The third-order valence-corrected chi connectivity index (χ3v) is 6.10. The van der Waals surface area contributed by atoms with Gasteiger partial charge >= 0.3 is 0 Å². The second-order valence-electron chi connectivity index (χ2n) is 7.95. The van der Waals surface area contributed by atoms with E-state index in [9.17, 15) is 0 Å². The lowest BCUT2D eigenvalue weighted by atomic mass is 9.99. The van der Waals surface area contributed by atoms with Crippen molar-refractivity contribution in [1.29, 1.82) is 0 Å². The fourth-order valence-corrected chi connectivity index (χ4v) is 4.46. The quantitative estimate of drug-likeness (QED) is 0.374. The minimum absolute atomic E-state index is 0.747. The predicted molar refractivity (Wildman–Crippen MR) is 144 cm³/mol. The van der Waals surface area contributed by atoms with Crippen LogP contribution in [0, 0.1) is 0 Å². The highest BCUT2D eigenvalue weighted by Gasteiger charge is 2.19. The van der Waals surface area contributed by atoms with Crippen LogP contribution in [0.15, 0.2) is 86.3 Å². The number of hydrogen-bond donors (Lipinski definition) is 2. The number of aliphatic imine (C=N–C) groups is 1. The smallest absolute Gasteiger partial charge is 0.0743 e. The first-order valence-electron chi connectivity index (χ1n) is 11.7. The SMILES string of the molecule is C\C=C/N=C1\C=C(CNC(=C/C)/C(=C(Br)\C=C(/C)CC)N2CCNCC2)C=C\C1=C/CC. The third kappa shape index (κ3) is 7.79. The lowest BCUT2D eigenvalue weighted by Crippen LogP contribution is -2.44. The molecule has 0 atom stereocenters. The zero-order valence-electron chi connectivity index (χ0n) is 20.3. The van der Waals surface area contributed by atoms with Crippen molar-refractivity contribution in [2.45, 2.75) is 47.5 Å². The highest BCUT2D eigenvalue weighted by atomic mass is 79.9. The molecule has 0 aromatic carbocycles. The van der Waals surface area contributed by atoms with E-state index in [0.717, 1.165) is 61.5 Å². The number of rotatable bonds is 9. The average Bonchev–Trinajstić information content (AvgIpc) is 2.81. The maximum Gasteiger partial charge on any atom is 0.0743 e. The minimum atomic E-state index is 0.747.